The Labute approximate surface area is 81.5 Å². The third kappa shape index (κ3) is 2.44. The summed E-state index contributed by atoms with van der Waals surface area (Å²) in [6.07, 6.45) is 9.65. The van der Waals surface area contributed by atoms with E-state index in [2.05, 4.69) is 4.90 Å². The van der Waals surface area contributed by atoms with Gasteiger partial charge in [-0.05, 0) is 38.8 Å². The Morgan fingerprint density at radius 3 is 1.92 bits per heavy atom. The molecule has 2 heteroatoms. The number of nitrogens with zero attached hydrogens (tertiary/aromatic N) is 1. The van der Waals surface area contributed by atoms with E-state index in [1.165, 1.54) is 58.0 Å². The molecule has 0 aromatic heterocycles. The zero-order chi connectivity index (χ0) is 9.10. The van der Waals surface area contributed by atoms with Crippen molar-refractivity contribution in [3.8, 4) is 0 Å². The van der Waals surface area contributed by atoms with Gasteiger partial charge in [0.1, 0.15) is 0 Å². The van der Waals surface area contributed by atoms with Crippen LogP contribution in [-0.4, -0.2) is 30.1 Å². The Morgan fingerprint density at radius 1 is 0.846 bits per heavy atom. The Kier molecular flexibility index (Phi) is 3.23. The molecule has 1 saturated heterocycles. The SMILES string of the molecule is NC1CC(N2CCCCCCC2)C1. The quantitative estimate of drug-likeness (QED) is 0.669. The van der Waals surface area contributed by atoms with Crippen LogP contribution in [0.25, 0.3) is 0 Å². The molecule has 0 amide bonds. The zero-order valence-corrected chi connectivity index (χ0v) is 8.54. The summed E-state index contributed by atoms with van der Waals surface area (Å²) < 4.78 is 0. The van der Waals surface area contributed by atoms with Crippen LogP contribution >= 0.6 is 0 Å². The van der Waals surface area contributed by atoms with Crippen LogP contribution in [0.15, 0.2) is 0 Å². The van der Waals surface area contributed by atoms with Gasteiger partial charge in [-0.2, -0.15) is 0 Å². The minimum Gasteiger partial charge on any atom is -0.328 e. The average Bonchev–Trinajstić information content (AvgIpc) is 1.99. The van der Waals surface area contributed by atoms with Crippen LogP contribution in [0.1, 0.15) is 44.9 Å². The van der Waals surface area contributed by atoms with Gasteiger partial charge in [-0.3, -0.25) is 0 Å². The van der Waals surface area contributed by atoms with Crippen molar-refractivity contribution in [2.45, 2.75) is 57.0 Å². The molecule has 2 nitrogen and oxygen atoms in total. The van der Waals surface area contributed by atoms with Crippen molar-refractivity contribution in [2.75, 3.05) is 13.1 Å². The summed E-state index contributed by atoms with van der Waals surface area (Å²) in [6, 6.07) is 1.35. The van der Waals surface area contributed by atoms with Gasteiger partial charge in [-0.15, -0.1) is 0 Å². The van der Waals surface area contributed by atoms with Crippen LogP contribution in [0, 0.1) is 0 Å². The molecule has 0 atom stereocenters. The summed E-state index contributed by atoms with van der Waals surface area (Å²) in [5.74, 6) is 0. The fourth-order valence-corrected chi connectivity index (χ4v) is 2.57. The third-order valence-electron chi connectivity index (χ3n) is 3.56. The van der Waals surface area contributed by atoms with Gasteiger partial charge < -0.3 is 10.6 Å². The predicted octanol–water partition coefficient (Wildman–Crippen LogP) is 1.74. The number of hydrogen-bond acceptors (Lipinski definition) is 2. The van der Waals surface area contributed by atoms with Crippen molar-refractivity contribution in [2.24, 2.45) is 5.73 Å². The molecule has 76 valence electrons. The molecule has 1 saturated carbocycles. The van der Waals surface area contributed by atoms with Gasteiger partial charge in [0.05, 0.1) is 0 Å². The topological polar surface area (TPSA) is 29.3 Å². The maximum atomic E-state index is 5.82. The fraction of sp³-hybridized carbons (Fsp3) is 1.00. The second kappa shape index (κ2) is 4.43. The summed E-state index contributed by atoms with van der Waals surface area (Å²) >= 11 is 0. The molecular weight excluding hydrogens is 160 g/mol. The lowest BCUT2D eigenvalue weighted by molar-refractivity contribution is 0.101. The number of hydrogen-bond donors (Lipinski definition) is 1. The van der Waals surface area contributed by atoms with Crippen molar-refractivity contribution in [1.29, 1.82) is 0 Å². The summed E-state index contributed by atoms with van der Waals surface area (Å²) in [6.45, 7) is 2.66. The first-order valence-electron chi connectivity index (χ1n) is 5.86. The first kappa shape index (κ1) is 9.47. The summed E-state index contributed by atoms with van der Waals surface area (Å²) in [4.78, 5) is 2.68. The van der Waals surface area contributed by atoms with Gasteiger partial charge >= 0.3 is 0 Å². The predicted molar refractivity (Wildman–Crippen MR) is 55.7 cm³/mol. The highest BCUT2D eigenvalue weighted by Crippen LogP contribution is 2.25. The second-order valence-corrected chi connectivity index (χ2v) is 4.69. The molecule has 0 bridgehead atoms. The van der Waals surface area contributed by atoms with Crippen molar-refractivity contribution in [3.05, 3.63) is 0 Å². The Balaban J connectivity index is 1.76. The molecule has 1 aliphatic carbocycles. The molecule has 1 heterocycles. The van der Waals surface area contributed by atoms with Crippen LogP contribution in [0.4, 0.5) is 0 Å². The van der Waals surface area contributed by atoms with E-state index in [0.717, 1.165) is 6.04 Å². The van der Waals surface area contributed by atoms with E-state index >= 15 is 0 Å². The monoisotopic (exact) mass is 182 g/mol. The minimum absolute atomic E-state index is 0.510. The summed E-state index contributed by atoms with van der Waals surface area (Å²) in [5, 5.41) is 0. The second-order valence-electron chi connectivity index (χ2n) is 4.69. The Morgan fingerprint density at radius 2 is 1.38 bits per heavy atom. The molecule has 0 unspecified atom stereocenters. The van der Waals surface area contributed by atoms with E-state index in [4.69, 9.17) is 5.73 Å². The van der Waals surface area contributed by atoms with Crippen molar-refractivity contribution >= 4 is 0 Å². The van der Waals surface area contributed by atoms with E-state index in [0.29, 0.717) is 6.04 Å². The third-order valence-corrected chi connectivity index (χ3v) is 3.56. The highest BCUT2D eigenvalue weighted by atomic mass is 15.2. The molecule has 2 rings (SSSR count). The van der Waals surface area contributed by atoms with Crippen LogP contribution in [0.5, 0.6) is 0 Å². The van der Waals surface area contributed by atoms with Gasteiger partial charge in [0.2, 0.25) is 0 Å². The minimum atomic E-state index is 0.510. The summed E-state index contributed by atoms with van der Waals surface area (Å²) in [5.41, 5.74) is 5.82. The molecule has 2 N–H and O–H groups in total. The molecule has 0 spiro atoms. The molecule has 1 aliphatic heterocycles. The molecular formula is C11H22N2. The lowest BCUT2D eigenvalue weighted by Crippen LogP contribution is -2.51. The first-order chi connectivity index (χ1) is 6.36. The van der Waals surface area contributed by atoms with Gasteiger partial charge in [0.15, 0.2) is 0 Å². The maximum absolute atomic E-state index is 5.82. The van der Waals surface area contributed by atoms with E-state index < -0.39 is 0 Å². The van der Waals surface area contributed by atoms with E-state index in [9.17, 15) is 0 Å². The average molecular weight is 182 g/mol. The smallest absolute Gasteiger partial charge is 0.0125 e. The normalized spacial score (nSPS) is 37.6. The maximum Gasteiger partial charge on any atom is 0.0125 e. The van der Waals surface area contributed by atoms with Crippen LogP contribution in [0.2, 0.25) is 0 Å². The number of rotatable bonds is 1. The molecule has 0 aromatic carbocycles. The number of likely N-dealkylation sites (tertiary alicyclic amines) is 1. The van der Waals surface area contributed by atoms with Crippen LogP contribution in [0.3, 0.4) is 0 Å². The van der Waals surface area contributed by atoms with E-state index in [-0.39, 0.29) is 0 Å². The molecule has 0 aromatic rings. The molecule has 2 aliphatic rings. The largest absolute Gasteiger partial charge is 0.328 e. The summed E-state index contributed by atoms with van der Waals surface area (Å²) in [7, 11) is 0. The standard InChI is InChI=1S/C11H22N2/c12-10-8-11(9-10)13-6-4-2-1-3-5-7-13/h10-11H,1-9,12H2. The van der Waals surface area contributed by atoms with Gasteiger partial charge in [0, 0.05) is 12.1 Å². The lowest BCUT2D eigenvalue weighted by Gasteiger charge is -2.42. The van der Waals surface area contributed by atoms with Gasteiger partial charge in [-0.1, -0.05) is 19.3 Å². The highest BCUT2D eigenvalue weighted by Gasteiger charge is 2.30. The first-order valence-corrected chi connectivity index (χ1v) is 5.86. The Bertz CT molecular complexity index is 144. The van der Waals surface area contributed by atoms with Crippen molar-refractivity contribution in [1.82, 2.24) is 4.90 Å². The van der Waals surface area contributed by atoms with Gasteiger partial charge in [0.25, 0.3) is 0 Å². The number of nitrogens with two attached hydrogens (primary N) is 1. The van der Waals surface area contributed by atoms with E-state index in [1.807, 2.05) is 0 Å². The molecule has 2 fully saturated rings. The zero-order valence-electron chi connectivity index (χ0n) is 8.54. The van der Waals surface area contributed by atoms with Crippen LogP contribution < -0.4 is 5.73 Å². The fourth-order valence-electron chi connectivity index (χ4n) is 2.57. The van der Waals surface area contributed by atoms with Crippen molar-refractivity contribution in [3.63, 3.8) is 0 Å². The van der Waals surface area contributed by atoms with Crippen LogP contribution in [-0.2, 0) is 0 Å². The van der Waals surface area contributed by atoms with Gasteiger partial charge in [-0.25, -0.2) is 0 Å². The molecule has 13 heavy (non-hydrogen) atoms. The molecule has 0 radical (unpaired) electrons. The lowest BCUT2D eigenvalue weighted by atomic mass is 9.85. The van der Waals surface area contributed by atoms with Crippen molar-refractivity contribution < 1.29 is 0 Å². The Hall–Kier alpha value is -0.0800. The van der Waals surface area contributed by atoms with E-state index in [1.54, 1.807) is 0 Å². The highest BCUT2D eigenvalue weighted by molar-refractivity contribution is 4.89.